The Labute approximate surface area is 167 Å². The highest BCUT2D eigenvalue weighted by Crippen LogP contribution is 2.27. The zero-order valence-electron chi connectivity index (χ0n) is 16.2. The zero-order chi connectivity index (χ0) is 20.3. The summed E-state index contributed by atoms with van der Waals surface area (Å²) >= 11 is 1.34. The molecule has 3 aromatic rings. The minimum atomic E-state index is -0.645. The van der Waals surface area contributed by atoms with Crippen molar-refractivity contribution < 1.29 is 9.53 Å². The second-order valence-electron chi connectivity index (χ2n) is 6.37. The lowest BCUT2D eigenvalue weighted by atomic mass is 10.2. The number of nitrogens with one attached hydrogen (secondary N) is 1. The number of hydrogen-bond acceptors (Lipinski definition) is 6. The number of aromatic nitrogens is 3. The molecule has 0 fully saturated rings. The number of aryl methyl sites for hydroxylation is 2. The molecule has 146 valence electrons. The Morgan fingerprint density at radius 2 is 1.96 bits per heavy atom. The number of amides is 1. The lowest BCUT2D eigenvalue weighted by Crippen LogP contribution is -2.36. The number of hydrogen-bond donors (Lipinski definition) is 1. The normalized spacial score (nSPS) is 11.9. The molecular formula is C20H22N4O3S. The summed E-state index contributed by atoms with van der Waals surface area (Å²) in [6.45, 7) is 5.42. The average Bonchev–Trinajstić information content (AvgIpc) is 3.12. The standard InChI is InChI=1S/C20H22N4O3S/c1-5-17(24-13(3)10-12(2)21-20(24)26)18(25)23-19-22-16(11-28-19)14-6-8-15(27-4)9-7-14/h6-11,17H,5H2,1-4H3,(H,22,23,25). The number of rotatable bonds is 6. The Bertz CT molecular complexity index is 1040. The molecule has 8 heteroatoms. The van der Waals surface area contributed by atoms with E-state index in [2.05, 4.69) is 15.3 Å². The van der Waals surface area contributed by atoms with Gasteiger partial charge in [0.2, 0.25) is 5.91 Å². The molecule has 0 spiro atoms. The van der Waals surface area contributed by atoms with Crippen LogP contribution in [0.15, 0.2) is 40.5 Å². The van der Waals surface area contributed by atoms with E-state index in [0.717, 1.165) is 17.0 Å². The third-order valence-corrected chi connectivity index (χ3v) is 5.15. The van der Waals surface area contributed by atoms with Gasteiger partial charge >= 0.3 is 5.69 Å². The molecule has 28 heavy (non-hydrogen) atoms. The molecule has 0 aliphatic carbocycles. The van der Waals surface area contributed by atoms with Gasteiger partial charge in [-0.2, -0.15) is 4.98 Å². The largest absolute Gasteiger partial charge is 0.497 e. The van der Waals surface area contributed by atoms with Crippen LogP contribution < -0.4 is 15.7 Å². The third kappa shape index (κ3) is 4.12. The number of methoxy groups -OCH3 is 1. The number of carbonyl (C=O) groups is 1. The van der Waals surface area contributed by atoms with Crippen molar-refractivity contribution in [2.45, 2.75) is 33.2 Å². The SMILES string of the molecule is CCC(C(=O)Nc1nc(-c2ccc(OC)cc2)cs1)n1c(C)cc(C)nc1=O. The molecule has 1 amide bonds. The highest BCUT2D eigenvalue weighted by atomic mass is 32.1. The summed E-state index contributed by atoms with van der Waals surface area (Å²) in [4.78, 5) is 33.6. The van der Waals surface area contributed by atoms with Crippen molar-refractivity contribution in [1.29, 1.82) is 0 Å². The summed E-state index contributed by atoms with van der Waals surface area (Å²) in [6, 6.07) is 8.70. The Balaban J connectivity index is 1.80. The van der Waals surface area contributed by atoms with E-state index in [4.69, 9.17) is 4.74 Å². The van der Waals surface area contributed by atoms with Crippen molar-refractivity contribution in [3.05, 3.63) is 57.6 Å². The first-order chi connectivity index (χ1) is 13.4. The Hall–Kier alpha value is -3.00. The van der Waals surface area contributed by atoms with Gasteiger partial charge in [-0.15, -0.1) is 11.3 Å². The van der Waals surface area contributed by atoms with Crippen LogP contribution in [-0.4, -0.2) is 27.6 Å². The number of nitrogens with zero attached hydrogens (tertiary/aromatic N) is 3. The van der Waals surface area contributed by atoms with Crippen molar-refractivity contribution in [1.82, 2.24) is 14.5 Å². The smallest absolute Gasteiger partial charge is 0.348 e. The van der Waals surface area contributed by atoms with E-state index in [1.165, 1.54) is 15.9 Å². The minimum absolute atomic E-state index is 0.283. The monoisotopic (exact) mass is 398 g/mol. The van der Waals surface area contributed by atoms with Crippen molar-refractivity contribution in [2.75, 3.05) is 12.4 Å². The van der Waals surface area contributed by atoms with Crippen LogP contribution in [0, 0.1) is 13.8 Å². The Morgan fingerprint density at radius 3 is 2.57 bits per heavy atom. The molecule has 1 unspecified atom stereocenters. The van der Waals surface area contributed by atoms with E-state index in [9.17, 15) is 9.59 Å². The van der Waals surface area contributed by atoms with Gasteiger partial charge in [-0.05, 0) is 50.6 Å². The van der Waals surface area contributed by atoms with Crippen molar-refractivity contribution in [3.8, 4) is 17.0 Å². The summed E-state index contributed by atoms with van der Waals surface area (Å²) in [5.74, 6) is 0.486. The number of benzene rings is 1. The van der Waals surface area contributed by atoms with Crippen LogP contribution in [0.2, 0.25) is 0 Å². The predicted octanol–water partition coefficient (Wildman–Crippen LogP) is 3.58. The first kappa shape index (κ1) is 19.8. The molecule has 1 atom stereocenters. The fourth-order valence-electron chi connectivity index (χ4n) is 3.04. The highest BCUT2D eigenvalue weighted by molar-refractivity contribution is 7.14. The summed E-state index contributed by atoms with van der Waals surface area (Å²) in [5, 5.41) is 5.19. The minimum Gasteiger partial charge on any atom is -0.497 e. The molecule has 0 saturated carbocycles. The molecule has 3 rings (SSSR count). The van der Waals surface area contributed by atoms with E-state index in [1.807, 2.05) is 36.6 Å². The molecule has 1 N–H and O–H groups in total. The fraction of sp³-hybridized carbons (Fsp3) is 0.300. The van der Waals surface area contributed by atoms with Gasteiger partial charge in [-0.25, -0.2) is 9.78 Å². The first-order valence-electron chi connectivity index (χ1n) is 8.90. The molecule has 7 nitrogen and oxygen atoms in total. The van der Waals surface area contributed by atoms with E-state index in [1.54, 1.807) is 27.0 Å². The first-order valence-corrected chi connectivity index (χ1v) is 9.78. The number of anilines is 1. The van der Waals surface area contributed by atoms with Gasteiger partial charge in [0.1, 0.15) is 11.8 Å². The molecule has 0 aliphatic heterocycles. The van der Waals surface area contributed by atoms with E-state index in [-0.39, 0.29) is 5.91 Å². The van der Waals surface area contributed by atoms with E-state index in [0.29, 0.717) is 22.9 Å². The fourth-order valence-corrected chi connectivity index (χ4v) is 3.76. The summed E-state index contributed by atoms with van der Waals surface area (Å²) in [6.07, 6.45) is 0.466. The predicted molar refractivity (Wildman–Crippen MR) is 110 cm³/mol. The average molecular weight is 398 g/mol. The van der Waals surface area contributed by atoms with Crippen LogP contribution in [-0.2, 0) is 4.79 Å². The Morgan fingerprint density at radius 1 is 1.25 bits per heavy atom. The number of thiazole rings is 1. The maximum Gasteiger partial charge on any atom is 0.348 e. The maximum atomic E-state index is 12.8. The summed E-state index contributed by atoms with van der Waals surface area (Å²) < 4.78 is 6.59. The van der Waals surface area contributed by atoms with E-state index < -0.39 is 11.7 Å². The third-order valence-electron chi connectivity index (χ3n) is 4.40. The second kappa shape index (κ2) is 8.35. The zero-order valence-corrected chi connectivity index (χ0v) is 17.0. The van der Waals surface area contributed by atoms with Gasteiger partial charge < -0.3 is 10.1 Å². The number of ether oxygens (including phenoxy) is 1. The van der Waals surface area contributed by atoms with Crippen molar-refractivity contribution in [2.24, 2.45) is 0 Å². The van der Waals surface area contributed by atoms with Crippen LogP contribution >= 0.6 is 11.3 Å². The van der Waals surface area contributed by atoms with Gasteiger partial charge in [-0.3, -0.25) is 9.36 Å². The summed E-state index contributed by atoms with van der Waals surface area (Å²) in [5.41, 5.74) is 2.62. The highest BCUT2D eigenvalue weighted by Gasteiger charge is 2.23. The molecule has 0 bridgehead atoms. The van der Waals surface area contributed by atoms with Gasteiger partial charge in [0.25, 0.3) is 0 Å². The van der Waals surface area contributed by atoms with Gasteiger partial charge in [0.15, 0.2) is 5.13 Å². The summed E-state index contributed by atoms with van der Waals surface area (Å²) in [7, 11) is 1.62. The van der Waals surface area contributed by atoms with Crippen LogP contribution in [0.25, 0.3) is 11.3 Å². The molecule has 1 aromatic carbocycles. The van der Waals surface area contributed by atoms with Gasteiger partial charge in [-0.1, -0.05) is 6.92 Å². The van der Waals surface area contributed by atoms with Gasteiger partial charge in [0, 0.05) is 22.3 Å². The molecule has 0 radical (unpaired) electrons. The molecule has 2 aromatic heterocycles. The van der Waals surface area contributed by atoms with E-state index >= 15 is 0 Å². The lowest BCUT2D eigenvalue weighted by molar-refractivity contribution is -0.119. The van der Waals surface area contributed by atoms with Crippen LogP contribution in [0.3, 0.4) is 0 Å². The topological polar surface area (TPSA) is 86.1 Å². The number of carbonyl (C=O) groups excluding carboxylic acids is 1. The second-order valence-corrected chi connectivity index (χ2v) is 7.23. The molecular weight excluding hydrogens is 376 g/mol. The molecule has 2 heterocycles. The van der Waals surface area contributed by atoms with Crippen molar-refractivity contribution >= 4 is 22.4 Å². The van der Waals surface area contributed by atoms with Crippen LogP contribution in [0.1, 0.15) is 30.8 Å². The van der Waals surface area contributed by atoms with Gasteiger partial charge in [0.05, 0.1) is 12.8 Å². The maximum absolute atomic E-state index is 12.8. The lowest BCUT2D eigenvalue weighted by Gasteiger charge is -2.19. The Kier molecular flexibility index (Phi) is 5.89. The quantitative estimate of drug-likeness (QED) is 0.686. The van der Waals surface area contributed by atoms with Crippen molar-refractivity contribution in [3.63, 3.8) is 0 Å². The van der Waals surface area contributed by atoms with Crippen LogP contribution in [0.5, 0.6) is 5.75 Å². The van der Waals surface area contributed by atoms with Crippen LogP contribution in [0.4, 0.5) is 5.13 Å². The molecule has 0 saturated heterocycles. The molecule has 0 aliphatic rings.